The van der Waals surface area contributed by atoms with Crippen LogP contribution in [0.25, 0.3) is 11.6 Å². The Balaban J connectivity index is 1.55. The average Bonchev–Trinajstić information content (AvgIpc) is 2.89. The van der Waals surface area contributed by atoms with E-state index in [0.29, 0.717) is 35.2 Å². The molecule has 1 heterocycles. The Morgan fingerprint density at radius 3 is 2.03 bits per heavy atom. The smallest absolute Gasteiger partial charge is 0.254 e. The summed E-state index contributed by atoms with van der Waals surface area (Å²) in [6.45, 7) is 3.74. The third kappa shape index (κ3) is 6.37. The van der Waals surface area contributed by atoms with E-state index in [1.54, 1.807) is 14.2 Å². The van der Waals surface area contributed by atoms with E-state index in [9.17, 15) is 4.79 Å². The molecule has 1 saturated heterocycles. The largest absolute Gasteiger partial charge is 0.493 e. The van der Waals surface area contributed by atoms with Gasteiger partial charge in [-0.25, -0.2) is 0 Å². The minimum atomic E-state index is -0.0155. The van der Waals surface area contributed by atoms with Gasteiger partial charge in [0, 0.05) is 48.3 Å². The molecule has 0 spiro atoms. The number of carbonyl (C=O) groups excluding carboxylic acids is 1. The number of rotatable bonds is 7. The molecule has 1 aliphatic rings. The van der Waals surface area contributed by atoms with Gasteiger partial charge in [-0.3, -0.25) is 9.69 Å². The summed E-state index contributed by atoms with van der Waals surface area (Å²) < 4.78 is 10.9. The highest BCUT2D eigenvalue weighted by Gasteiger charge is 2.25. The van der Waals surface area contributed by atoms with Crippen LogP contribution in [-0.2, 0) is 11.3 Å². The molecule has 5 nitrogen and oxygen atoms in total. The molecule has 1 aliphatic heterocycles. The lowest BCUT2D eigenvalue weighted by Crippen LogP contribution is -2.48. The van der Waals surface area contributed by atoms with E-state index in [0.717, 1.165) is 35.8 Å². The van der Waals surface area contributed by atoms with Crippen LogP contribution in [0.2, 0.25) is 10.0 Å². The minimum absolute atomic E-state index is 0.0155. The van der Waals surface area contributed by atoms with E-state index >= 15 is 0 Å². The van der Waals surface area contributed by atoms with Gasteiger partial charge in [0.25, 0.3) is 5.91 Å². The molecule has 3 aromatic carbocycles. The van der Waals surface area contributed by atoms with Crippen LogP contribution >= 0.6 is 23.2 Å². The van der Waals surface area contributed by atoms with Crippen molar-refractivity contribution in [2.45, 2.75) is 6.54 Å². The molecule has 7 heteroatoms. The lowest BCUT2D eigenvalue weighted by Gasteiger charge is -2.35. The molecule has 0 N–H and O–H groups in total. The summed E-state index contributed by atoms with van der Waals surface area (Å²) in [5.74, 6) is 1.18. The third-order valence-electron chi connectivity index (χ3n) is 6.08. The Labute approximate surface area is 216 Å². The van der Waals surface area contributed by atoms with Gasteiger partial charge >= 0.3 is 0 Å². The van der Waals surface area contributed by atoms with Crippen LogP contribution in [0.1, 0.15) is 16.7 Å². The van der Waals surface area contributed by atoms with Crippen LogP contribution in [0.15, 0.2) is 66.7 Å². The standard InChI is InChI=1S/C28H28Cl2N2O3/c1-34-26-12-7-22(18-27(26)35-2)25(17-20-3-8-23(29)9-4-20)28(33)32-15-13-31(14-16-32)19-21-5-10-24(30)11-6-21/h3-12,17-18H,13-16,19H2,1-2H3/b25-17-. The fraction of sp³-hybridized carbons (Fsp3) is 0.250. The zero-order valence-electron chi connectivity index (χ0n) is 19.8. The number of carbonyl (C=O) groups is 1. The number of hydrogen-bond donors (Lipinski definition) is 0. The second-order valence-corrected chi connectivity index (χ2v) is 9.25. The van der Waals surface area contributed by atoms with E-state index in [1.807, 2.05) is 77.7 Å². The minimum Gasteiger partial charge on any atom is -0.493 e. The van der Waals surface area contributed by atoms with Crippen molar-refractivity contribution in [3.63, 3.8) is 0 Å². The summed E-state index contributed by atoms with van der Waals surface area (Å²) >= 11 is 12.1. The maximum Gasteiger partial charge on any atom is 0.254 e. The zero-order chi connectivity index (χ0) is 24.8. The molecule has 0 aliphatic carbocycles. The van der Waals surface area contributed by atoms with Crippen molar-refractivity contribution in [3.05, 3.63) is 93.5 Å². The Bertz CT molecular complexity index is 1190. The van der Waals surface area contributed by atoms with Gasteiger partial charge in [-0.05, 0) is 59.2 Å². The lowest BCUT2D eigenvalue weighted by atomic mass is 10.00. The first-order valence-electron chi connectivity index (χ1n) is 11.4. The zero-order valence-corrected chi connectivity index (χ0v) is 21.4. The Kier molecular flexibility index (Phi) is 8.34. The van der Waals surface area contributed by atoms with Crippen molar-refractivity contribution in [3.8, 4) is 11.5 Å². The summed E-state index contributed by atoms with van der Waals surface area (Å²) in [5, 5.41) is 1.39. The van der Waals surface area contributed by atoms with Gasteiger partial charge in [-0.1, -0.05) is 53.5 Å². The van der Waals surface area contributed by atoms with Crippen molar-refractivity contribution < 1.29 is 14.3 Å². The first-order chi connectivity index (χ1) is 17.0. The summed E-state index contributed by atoms with van der Waals surface area (Å²) in [6.07, 6.45) is 1.90. The summed E-state index contributed by atoms with van der Waals surface area (Å²) in [4.78, 5) is 18.0. The molecule has 0 bridgehead atoms. The van der Waals surface area contributed by atoms with Gasteiger partial charge in [-0.2, -0.15) is 0 Å². The first-order valence-corrected chi connectivity index (χ1v) is 12.2. The molecule has 182 valence electrons. The van der Waals surface area contributed by atoms with Crippen molar-refractivity contribution in [2.24, 2.45) is 0 Å². The fourth-order valence-corrected chi connectivity index (χ4v) is 4.38. The molecule has 0 radical (unpaired) electrons. The lowest BCUT2D eigenvalue weighted by molar-refractivity contribution is -0.126. The van der Waals surface area contributed by atoms with Gasteiger partial charge in [0.1, 0.15) is 0 Å². The summed E-state index contributed by atoms with van der Waals surface area (Å²) in [6, 6.07) is 20.9. The topological polar surface area (TPSA) is 42.0 Å². The SMILES string of the molecule is COc1ccc(/C(=C/c2ccc(Cl)cc2)C(=O)N2CCN(Cc3ccc(Cl)cc3)CC2)cc1OC. The second-order valence-electron chi connectivity index (χ2n) is 8.37. The molecule has 4 rings (SSSR count). The van der Waals surface area contributed by atoms with Crippen LogP contribution in [0.4, 0.5) is 0 Å². The van der Waals surface area contributed by atoms with Crippen LogP contribution in [-0.4, -0.2) is 56.1 Å². The quantitative estimate of drug-likeness (QED) is 0.293. The number of hydrogen-bond acceptors (Lipinski definition) is 4. The Hall–Kier alpha value is -2.99. The Morgan fingerprint density at radius 1 is 0.829 bits per heavy atom. The number of ether oxygens (including phenoxy) is 2. The van der Waals surface area contributed by atoms with E-state index in [1.165, 1.54) is 5.56 Å². The van der Waals surface area contributed by atoms with Crippen molar-refractivity contribution in [1.29, 1.82) is 0 Å². The predicted octanol–water partition coefficient (Wildman–Crippen LogP) is 5.90. The van der Waals surface area contributed by atoms with Gasteiger partial charge in [-0.15, -0.1) is 0 Å². The van der Waals surface area contributed by atoms with Gasteiger partial charge in [0.05, 0.1) is 14.2 Å². The van der Waals surface area contributed by atoms with E-state index < -0.39 is 0 Å². The molecule has 0 saturated carbocycles. The van der Waals surface area contributed by atoms with Crippen LogP contribution in [0.5, 0.6) is 11.5 Å². The summed E-state index contributed by atoms with van der Waals surface area (Å²) in [7, 11) is 3.18. The number of piperazine rings is 1. The number of halogens is 2. The van der Waals surface area contributed by atoms with Crippen LogP contribution in [0.3, 0.4) is 0 Å². The van der Waals surface area contributed by atoms with Crippen molar-refractivity contribution in [1.82, 2.24) is 9.80 Å². The van der Waals surface area contributed by atoms with Crippen LogP contribution < -0.4 is 9.47 Å². The van der Waals surface area contributed by atoms with E-state index in [4.69, 9.17) is 32.7 Å². The van der Waals surface area contributed by atoms with E-state index in [2.05, 4.69) is 4.90 Å². The molecule has 3 aromatic rings. The highest BCUT2D eigenvalue weighted by molar-refractivity contribution is 6.31. The average molecular weight is 511 g/mol. The maximum absolute atomic E-state index is 13.8. The second kappa shape index (κ2) is 11.6. The monoisotopic (exact) mass is 510 g/mol. The molecular formula is C28H28Cl2N2O3. The summed E-state index contributed by atoms with van der Waals surface area (Å²) in [5.41, 5.74) is 3.47. The van der Waals surface area contributed by atoms with E-state index in [-0.39, 0.29) is 5.91 Å². The highest BCUT2D eigenvalue weighted by Crippen LogP contribution is 2.32. The molecule has 1 amide bonds. The number of amides is 1. The van der Waals surface area contributed by atoms with Crippen molar-refractivity contribution >= 4 is 40.8 Å². The highest BCUT2D eigenvalue weighted by atomic mass is 35.5. The molecule has 0 atom stereocenters. The van der Waals surface area contributed by atoms with Crippen molar-refractivity contribution in [2.75, 3.05) is 40.4 Å². The molecule has 35 heavy (non-hydrogen) atoms. The third-order valence-corrected chi connectivity index (χ3v) is 6.59. The van der Waals surface area contributed by atoms with Gasteiger partial charge in [0.2, 0.25) is 0 Å². The number of methoxy groups -OCH3 is 2. The van der Waals surface area contributed by atoms with Gasteiger partial charge < -0.3 is 14.4 Å². The normalized spacial score (nSPS) is 14.6. The maximum atomic E-state index is 13.8. The molecule has 0 aromatic heterocycles. The molecule has 1 fully saturated rings. The Morgan fingerprint density at radius 2 is 1.43 bits per heavy atom. The molecular weight excluding hydrogens is 483 g/mol. The predicted molar refractivity (Wildman–Crippen MR) is 142 cm³/mol. The number of nitrogens with zero attached hydrogens (tertiary/aromatic N) is 2. The first kappa shape index (κ1) is 25.1. The molecule has 0 unspecified atom stereocenters. The van der Waals surface area contributed by atoms with Gasteiger partial charge in [0.15, 0.2) is 11.5 Å². The fourth-order valence-electron chi connectivity index (χ4n) is 4.13. The number of benzene rings is 3. The van der Waals surface area contributed by atoms with Crippen LogP contribution in [0, 0.1) is 0 Å².